The minimum atomic E-state index is 1.17. The highest BCUT2D eigenvalue weighted by molar-refractivity contribution is 6.02. The van der Waals surface area contributed by atoms with Crippen LogP contribution in [0.5, 0.6) is 0 Å². The first kappa shape index (κ1) is 8.35. The fourth-order valence-corrected chi connectivity index (χ4v) is 2.83. The minimum Gasteiger partial charge on any atom is -0.0619 e. The average Bonchev–Trinajstić information content (AvgIpc) is 2.26. The fraction of sp³-hybridized carbons (Fsp3) is 0.125. The molecule has 0 heteroatoms. The molecule has 0 atom stereocenters. The van der Waals surface area contributed by atoms with Crippen molar-refractivity contribution >= 4 is 11.1 Å². The first-order valence-electron chi connectivity index (χ1n) is 5.82. The van der Waals surface area contributed by atoms with Crippen molar-refractivity contribution in [3.05, 3.63) is 70.8 Å². The van der Waals surface area contributed by atoms with Gasteiger partial charge in [0.15, 0.2) is 0 Å². The van der Waals surface area contributed by atoms with Crippen LogP contribution in [0.15, 0.2) is 48.5 Å². The van der Waals surface area contributed by atoms with Crippen LogP contribution < -0.4 is 0 Å². The Morgan fingerprint density at radius 3 is 1.44 bits per heavy atom. The van der Waals surface area contributed by atoms with Gasteiger partial charge in [0.25, 0.3) is 0 Å². The number of hydrogen-bond acceptors (Lipinski definition) is 0. The first-order valence-corrected chi connectivity index (χ1v) is 5.82. The number of allylic oxidation sites excluding steroid dienone is 2. The second-order valence-corrected chi connectivity index (χ2v) is 4.62. The molecule has 2 aromatic rings. The van der Waals surface area contributed by atoms with Crippen molar-refractivity contribution in [2.75, 3.05) is 0 Å². The zero-order chi connectivity index (χ0) is 10.5. The lowest BCUT2D eigenvalue weighted by atomic mass is 9.72. The van der Waals surface area contributed by atoms with Crippen molar-refractivity contribution < 1.29 is 0 Å². The summed E-state index contributed by atoms with van der Waals surface area (Å²) >= 11 is 0. The molecule has 0 heterocycles. The van der Waals surface area contributed by atoms with Crippen molar-refractivity contribution in [1.82, 2.24) is 0 Å². The first-order chi connectivity index (χ1) is 7.93. The Labute approximate surface area is 95.2 Å². The standard InChI is InChI=1S/C16H12/c1-3-7-13-11(5-1)9-15(13)16-10-12-6-2-4-8-14(12)16/h1-8H,9-10H2/b16-15-. The molecular weight excluding hydrogens is 192 g/mol. The van der Waals surface area contributed by atoms with Gasteiger partial charge in [-0.15, -0.1) is 0 Å². The summed E-state index contributed by atoms with van der Waals surface area (Å²) in [5, 5.41) is 0. The van der Waals surface area contributed by atoms with Crippen molar-refractivity contribution in [2.24, 2.45) is 0 Å². The van der Waals surface area contributed by atoms with E-state index in [2.05, 4.69) is 48.5 Å². The molecule has 0 amide bonds. The number of hydrogen-bond donors (Lipinski definition) is 0. The molecule has 2 aromatic carbocycles. The van der Waals surface area contributed by atoms with E-state index in [1.54, 1.807) is 11.1 Å². The number of fused-ring (bicyclic) bond motifs is 2. The fourth-order valence-electron chi connectivity index (χ4n) is 2.83. The van der Waals surface area contributed by atoms with E-state index in [1.807, 2.05) is 0 Å². The molecule has 0 unspecified atom stereocenters. The molecule has 0 saturated heterocycles. The largest absolute Gasteiger partial charge is 0.0619 e. The summed E-state index contributed by atoms with van der Waals surface area (Å²) in [6.45, 7) is 0. The Balaban J connectivity index is 1.87. The summed E-state index contributed by atoms with van der Waals surface area (Å²) in [6.07, 6.45) is 2.33. The molecule has 4 rings (SSSR count). The third-order valence-corrected chi connectivity index (χ3v) is 3.78. The smallest absolute Gasteiger partial charge is 0.00106 e. The molecule has 0 fully saturated rings. The van der Waals surface area contributed by atoms with Crippen LogP contribution >= 0.6 is 0 Å². The van der Waals surface area contributed by atoms with Crippen LogP contribution in [0.1, 0.15) is 22.3 Å². The Bertz CT molecular complexity index is 562. The van der Waals surface area contributed by atoms with E-state index in [1.165, 1.54) is 35.1 Å². The van der Waals surface area contributed by atoms with E-state index in [4.69, 9.17) is 0 Å². The predicted octanol–water partition coefficient (Wildman–Crippen LogP) is 3.71. The molecule has 2 aliphatic rings. The maximum absolute atomic E-state index is 2.25. The molecule has 0 N–H and O–H groups in total. The SMILES string of the molecule is c1ccc2c(c1)C/C2=C1\Cc2ccccc21. The van der Waals surface area contributed by atoms with Gasteiger partial charge in [-0.05, 0) is 46.2 Å². The highest BCUT2D eigenvalue weighted by atomic mass is 14.3. The van der Waals surface area contributed by atoms with Crippen molar-refractivity contribution in [3.63, 3.8) is 0 Å². The van der Waals surface area contributed by atoms with Gasteiger partial charge in [0.1, 0.15) is 0 Å². The Morgan fingerprint density at radius 2 is 1.00 bits per heavy atom. The third-order valence-electron chi connectivity index (χ3n) is 3.78. The van der Waals surface area contributed by atoms with E-state index >= 15 is 0 Å². The van der Waals surface area contributed by atoms with Gasteiger partial charge in [-0.3, -0.25) is 0 Å². The Morgan fingerprint density at radius 1 is 0.562 bits per heavy atom. The third kappa shape index (κ3) is 0.943. The van der Waals surface area contributed by atoms with E-state index in [9.17, 15) is 0 Å². The molecule has 0 spiro atoms. The Kier molecular flexibility index (Phi) is 1.49. The van der Waals surface area contributed by atoms with Crippen LogP contribution in [0.2, 0.25) is 0 Å². The quantitative estimate of drug-likeness (QED) is 0.613. The lowest BCUT2D eigenvalue weighted by molar-refractivity contribution is 1.10. The summed E-state index contributed by atoms with van der Waals surface area (Å²) in [5.41, 5.74) is 9.13. The van der Waals surface area contributed by atoms with Crippen molar-refractivity contribution in [2.45, 2.75) is 12.8 Å². The average molecular weight is 204 g/mol. The maximum Gasteiger partial charge on any atom is -0.00106 e. The molecule has 76 valence electrons. The van der Waals surface area contributed by atoms with Crippen LogP contribution in [-0.2, 0) is 12.8 Å². The zero-order valence-electron chi connectivity index (χ0n) is 9.03. The van der Waals surface area contributed by atoms with E-state index < -0.39 is 0 Å². The molecule has 0 radical (unpaired) electrons. The topological polar surface area (TPSA) is 0 Å². The number of rotatable bonds is 0. The van der Waals surface area contributed by atoms with Gasteiger partial charge in [0.2, 0.25) is 0 Å². The van der Waals surface area contributed by atoms with Crippen LogP contribution in [0.25, 0.3) is 11.1 Å². The van der Waals surface area contributed by atoms with Gasteiger partial charge in [-0.25, -0.2) is 0 Å². The highest BCUT2D eigenvalue weighted by Gasteiger charge is 2.28. The van der Waals surface area contributed by atoms with Crippen LogP contribution in [0.4, 0.5) is 0 Å². The normalized spacial score (nSPS) is 20.5. The lowest BCUT2D eigenvalue weighted by Gasteiger charge is -2.32. The van der Waals surface area contributed by atoms with Crippen LogP contribution in [0, 0.1) is 0 Å². The predicted molar refractivity (Wildman–Crippen MR) is 67.1 cm³/mol. The van der Waals surface area contributed by atoms with Gasteiger partial charge >= 0.3 is 0 Å². The molecule has 0 saturated carbocycles. The minimum absolute atomic E-state index is 1.17. The molecule has 0 bridgehead atoms. The monoisotopic (exact) mass is 204 g/mol. The van der Waals surface area contributed by atoms with E-state index in [-0.39, 0.29) is 0 Å². The highest BCUT2D eigenvalue weighted by Crippen LogP contribution is 2.45. The molecule has 0 aromatic heterocycles. The summed E-state index contributed by atoms with van der Waals surface area (Å²) in [5.74, 6) is 0. The van der Waals surface area contributed by atoms with E-state index in [0.717, 1.165) is 0 Å². The summed E-state index contributed by atoms with van der Waals surface area (Å²) < 4.78 is 0. The van der Waals surface area contributed by atoms with Crippen LogP contribution in [0.3, 0.4) is 0 Å². The van der Waals surface area contributed by atoms with Crippen molar-refractivity contribution in [1.29, 1.82) is 0 Å². The van der Waals surface area contributed by atoms with Gasteiger partial charge in [-0.1, -0.05) is 48.5 Å². The van der Waals surface area contributed by atoms with Crippen molar-refractivity contribution in [3.8, 4) is 0 Å². The Hall–Kier alpha value is -1.82. The second-order valence-electron chi connectivity index (χ2n) is 4.62. The maximum atomic E-state index is 2.25. The zero-order valence-corrected chi connectivity index (χ0v) is 9.03. The molecule has 2 aliphatic carbocycles. The van der Waals surface area contributed by atoms with Gasteiger partial charge in [0.05, 0.1) is 0 Å². The molecule has 0 nitrogen and oxygen atoms in total. The van der Waals surface area contributed by atoms with Crippen LogP contribution in [-0.4, -0.2) is 0 Å². The molecule has 0 aliphatic heterocycles. The summed E-state index contributed by atoms with van der Waals surface area (Å²) in [4.78, 5) is 0. The number of benzene rings is 2. The molecule has 16 heavy (non-hydrogen) atoms. The second kappa shape index (κ2) is 2.85. The van der Waals surface area contributed by atoms with E-state index in [0.29, 0.717) is 0 Å². The van der Waals surface area contributed by atoms with Gasteiger partial charge in [-0.2, -0.15) is 0 Å². The summed E-state index contributed by atoms with van der Waals surface area (Å²) in [6, 6.07) is 17.5. The van der Waals surface area contributed by atoms with Gasteiger partial charge in [0, 0.05) is 0 Å². The summed E-state index contributed by atoms with van der Waals surface area (Å²) in [7, 11) is 0. The lowest BCUT2D eigenvalue weighted by Crippen LogP contribution is -2.15. The van der Waals surface area contributed by atoms with Gasteiger partial charge < -0.3 is 0 Å². The molecular formula is C16H12.